The molecule has 0 atom stereocenters. The van der Waals surface area contributed by atoms with Crippen molar-refractivity contribution in [1.29, 1.82) is 0 Å². The third-order valence-electron chi connectivity index (χ3n) is 4.43. The van der Waals surface area contributed by atoms with Crippen LogP contribution in [0.1, 0.15) is 24.2 Å². The van der Waals surface area contributed by atoms with E-state index in [4.69, 9.17) is 9.47 Å². The van der Waals surface area contributed by atoms with E-state index in [1.807, 2.05) is 32.0 Å². The number of benzene rings is 1. The molecule has 0 spiro atoms. The number of hydrogen-bond acceptors (Lipinski definition) is 9. The van der Waals surface area contributed by atoms with Gasteiger partial charge in [-0.05, 0) is 42.3 Å². The highest BCUT2D eigenvalue weighted by Gasteiger charge is 2.11. The number of rotatable bonds is 11. The van der Waals surface area contributed by atoms with Gasteiger partial charge >= 0.3 is 18.0 Å². The summed E-state index contributed by atoms with van der Waals surface area (Å²) in [6.45, 7) is 4.33. The van der Waals surface area contributed by atoms with E-state index < -0.39 is 18.0 Å². The van der Waals surface area contributed by atoms with E-state index >= 15 is 0 Å². The Balaban J connectivity index is 1.35. The lowest BCUT2D eigenvalue weighted by Gasteiger charge is -2.10. The first-order chi connectivity index (χ1) is 17.4. The lowest BCUT2D eigenvalue weighted by molar-refractivity contribution is -0.140. The summed E-state index contributed by atoms with van der Waals surface area (Å²) in [6.07, 6.45) is 3.29. The minimum absolute atomic E-state index is 0.00319. The lowest BCUT2D eigenvalue weighted by atomic mass is 10.2. The third kappa shape index (κ3) is 8.99. The van der Waals surface area contributed by atoms with Gasteiger partial charge in [0.2, 0.25) is 0 Å². The number of aromatic nitrogens is 3. The second-order valence-corrected chi connectivity index (χ2v) is 8.85. The van der Waals surface area contributed by atoms with Gasteiger partial charge in [0.25, 0.3) is 0 Å². The summed E-state index contributed by atoms with van der Waals surface area (Å²) in [7, 11) is 0. The summed E-state index contributed by atoms with van der Waals surface area (Å²) in [5, 5.41) is 5.66. The number of hydrogen-bond donors (Lipinski definition) is 2. The molecule has 188 valence electrons. The number of esters is 2. The van der Waals surface area contributed by atoms with Gasteiger partial charge in [0.1, 0.15) is 6.61 Å². The molecule has 0 saturated heterocycles. The van der Waals surface area contributed by atoms with Crippen LogP contribution in [0.3, 0.4) is 0 Å². The Morgan fingerprint density at radius 2 is 1.83 bits per heavy atom. The van der Waals surface area contributed by atoms with E-state index in [2.05, 4.69) is 25.6 Å². The first kappa shape index (κ1) is 26.6. The number of anilines is 1. The van der Waals surface area contributed by atoms with Crippen LogP contribution in [0, 0.1) is 5.92 Å². The van der Waals surface area contributed by atoms with Crippen LogP contribution in [-0.4, -0.2) is 58.4 Å². The van der Waals surface area contributed by atoms with Gasteiger partial charge in [-0.15, -0.1) is 0 Å². The topological polar surface area (TPSA) is 132 Å². The van der Waals surface area contributed by atoms with E-state index in [1.54, 1.807) is 36.7 Å². The van der Waals surface area contributed by atoms with Crippen LogP contribution in [0.4, 0.5) is 10.5 Å². The van der Waals surface area contributed by atoms with Crippen LogP contribution in [-0.2, 0) is 14.3 Å². The SMILES string of the molecule is CC(C)COC(=O)c1cccc(NC(=O)NCCOC(=O)CSc2nccc(-c3ccccn3)n2)c1. The van der Waals surface area contributed by atoms with Crippen molar-refractivity contribution in [2.24, 2.45) is 5.92 Å². The summed E-state index contributed by atoms with van der Waals surface area (Å²) in [6, 6.07) is 13.2. The normalized spacial score (nSPS) is 10.5. The van der Waals surface area contributed by atoms with E-state index in [0.29, 0.717) is 34.4 Å². The Bertz CT molecular complexity index is 1180. The van der Waals surface area contributed by atoms with Gasteiger partial charge in [0.05, 0.1) is 35.9 Å². The number of nitrogens with one attached hydrogen (secondary N) is 2. The summed E-state index contributed by atoms with van der Waals surface area (Å²) in [4.78, 5) is 49.0. The molecule has 1 aromatic carbocycles. The molecule has 36 heavy (non-hydrogen) atoms. The molecule has 2 heterocycles. The number of carbonyl (C=O) groups is 3. The van der Waals surface area contributed by atoms with Gasteiger partial charge in [-0.3, -0.25) is 9.78 Å². The molecule has 2 N–H and O–H groups in total. The molecule has 2 amide bonds. The Hall–Kier alpha value is -3.99. The molecule has 0 unspecified atom stereocenters. The molecule has 0 saturated carbocycles. The zero-order valence-electron chi connectivity index (χ0n) is 20.0. The van der Waals surface area contributed by atoms with Gasteiger partial charge in [-0.25, -0.2) is 19.6 Å². The average Bonchev–Trinajstić information content (AvgIpc) is 2.89. The Labute approximate surface area is 213 Å². The summed E-state index contributed by atoms with van der Waals surface area (Å²) >= 11 is 1.15. The van der Waals surface area contributed by atoms with E-state index in [9.17, 15) is 14.4 Å². The Morgan fingerprint density at radius 3 is 2.61 bits per heavy atom. The predicted octanol–water partition coefficient (Wildman–Crippen LogP) is 3.81. The van der Waals surface area contributed by atoms with Gasteiger partial charge < -0.3 is 20.1 Å². The molecule has 0 aliphatic carbocycles. The molecular weight excluding hydrogens is 482 g/mol. The van der Waals surface area contributed by atoms with E-state index in [0.717, 1.165) is 11.8 Å². The van der Waals surface area contributed by atoms with Gasteiger partial charge in [-0.1, -0.05) is 37.7 Å². The number of thioether (sulfide) groups is 1. The second kappa shape index (κ2) is 13.8. The number of urea groups is 1. The standard InChI is InChI=1S/C25H27N5O5S/c1-17(2)15-35-23(32)18-6-5-7-19(14-18)29-24(33)27-12-13-34-22(31)16-36-25-28-11-9-21(30-25)20-8-3-4-10-26-20/h3-11,14,17H,12-13,15-16H2,1-2H3,(H2,27,29,33). The van der Waals surface area contributed by atoms with Crippen LogP contribution in [0.5, 0.6) is 0 Å². The minimum Gasteiger partial charge on any atom is -0.463 e. The predicted molar refractivity (Wildman–Crippen MR) is 136 cm³/mol. The molecule has 0 aliphatic heterocycles. The van der Waals surface area contributed by atoms with Gasteiger partial charge in [0, 0.05) is 18.1 Å². The number of carbonyl (C=O) groups excluding carboxylic acids is 3. The maximum atomic E-state index is 12.1. The summed E-state index contributed by atoms with van der Waals surface area (Å²) in [5.74, 6) is -0.657. The van der Waals surface area contributed by atoms with Gasteiger partial charge in [-0.2, -0.15) is 0 Å². The quantitative estimate of drug-likeness (QED) is 0.171. The molecule has 3 rings (SSSR count). The molecule has 10 nitrogen and oxygen atoms in total. The minimum atomic E-state index is -0.493. The van der Waals surface area contributed by atoms with E-state index in [-0.39, 0.29) is 24.8 Å². The highest BCUT2D eigenvalue weighted by molar-refractivity contribution is 7.99. The Kier molecular flexibility index (Phi) is 10.2. The van der Waals surface area contributed by atoms with Crippen molar-refractivity contribution in [1.82, 2.24) is 20.3 Å². The fourth-order valence-corrected chi connectivity index (χ4v) is 3.42. The second-order valence-electron chi connectivity index (χ2n) is 7.90. The van der Waals surface area contributed by atoms with Crippen molar-refractivity contribution in [3.63, 3.8) is 0 Å². The van der Waals surface area contributed by atoms with Crippen LogP contribution in [0.2, 0.25) is 0 Å². The number of pyridine rings is 1. The number of amides is 2. The Morgan fingerprint density at radius 1 is 0.972 bits per heavy atom. The smallest absolute Gasteiger partial charge is 0.338 e. The van der Waals surface area contributed by atoms with Crippen molar-refractivity contribution < 1.29 is 23.9 Å². The van der Waals surface area contributed by atoms with Gasteiger partial charge in [0.15, 0.2) is 5.16 Å². The highest BCUT2D eigenvalue weighted by Crippen LogP contribution is 2.18. The van der Waals surface area contributed by atoms with Crippen molar-refractivity contribution in [3.8, 4) is 11.4 Å². The number of nitrogens with zero attached hydrogens (tertiary/aromatic N) is 3. The summed E-state index contributed by atoms with van der Waals surface area (Å²) < 4.78 is 10.3. The molecule has 0 radical (unpaired) electrons. The zero-order chi connectivity index (χ0) is 25.8. The molecule has 3 aromatic rings. The monoisotopic (exact) mass is 509 g/mol. The number of ether oxygens (including phenoxy) is 2. The van der Waals surface area contributed by atoms with Crippen molar-refractivity contribution >= 4 is 35.4 Å². The average molecular weight is 510 g/mol. The van der Waals surface area contributed by atoms with E-state index in [1.165, 1.54) is 6.07 Å². The first-order valence-corrected chi connectivity index (χ1v) is 12.2. The molecule has 2 aromatic heterocycles. The van der Waals surface area contributed by atoms with Crippen LogP contribution in [0.25, 0.3) is 11.4 Å². The third-order valence-corrected chi connectivity index (χ3v) is 5.27. The fraction of sp³-hybridized carbons (Fsp3) is 0.280. The molecule has 0 bridgehead atoms. The van der Waals surface area contributed by atoms with Crippen molar-refractivity contribution in [2.45, 2.75) is 19.0 Å². The molecular formula is C25H27N5O5S. The maximum absolute atomic E-state index is 12.1. The van der Waals surface area contributed by atoms with Crippen LogP contribution < -0.4 is 10.6 Å². The highest BCUT2D eigenvalue weighted by atomic mass is 32.2. The zero-order valence-corrected chi connectivity index (χ0v) is 20.8. The lowest BCUT2D eigenvalue weighted by Crippen LogP contribution is -2.32. The maximum Gasteiger partial charge on any atom is 0.338 e. The van der Waals surface area contributed by atoms with Crippen molar-refractivity contribution in [3.05, 3.63) is 66.5 Å². The van der Waals surface area contributed by atoms with Crippen LogP contribution in [0.15, 0.2) is 66.1 Å². The molecule has 0 aliphatic rings. The molecule has 11 heteroatoms. The summed E-state index contributed by atoms with van der Waals surface area (Å²) in [5.41, 5.74) is 2.16. The first-order valence-electron chi connectivity index (χ1n) is 11.3. The molecule has 0 fully saturated rings. The largest absolute Gasteiger partial charge is 0.463 e. The van der Waals surface area contributed by atoms with Crippen LogP contribution >= 0.6 is 11.8 Å². The van der Waals surface area contributed by atoms with Crippen molar-refractivity contribution in [2.75, 3.05) is 30.8 Å². The fourth-order valence-electron chi connectivity index (χ4n) is 2.79.